The lowest BCUT2D eigenvalue weighted by atomic mass is 9.91. The van der Waals surface area contributed by atoms with Crippen molar-refractivity contribution in [2.75, 3.05) is 18.4 Å². The van der Waals surface area contributed by atoms with Crippen molar-refractivity contribution in [1.82, 2.24) is 20.0 Å². The van der Waals surface area contributed by atoms with Crippen molar-refractivity contribution in [1.29, 1.82) is 0 Å². The number of ether oxygens (including phenoxy) is 1. The number of carbonyl (C=O) groups excluding carboxylic acids is 2. The first-order valence-corrected chi connectivity index (χ1v) is 9.02. The van der Waals surface area contributed by atoms with E-state index in [4.69, 9.17) is 9.26 Å². The summed E-state index contributed by atoms with van der Waals surface area (Å²) in [4.78, 5) is 34.7. The van der Waals surface area contributed by atoms with E-state index in [2.05, 4.69) is 20.4 Å². The molecule has 1 unspecified atom stereocenters. The summed E-state index contributed by atoms with van der Waals surface area (Å²) in [6.45, 7) is 2.84. The monoisotopic (exact) mass is 371 g/mol. The molecular formula is C18H21N5O4. The van der Waals surface area contributed by atoms with Gasteiger partial charge in [-0.3, -0.25) is 14.6 Å². The van der Waals surface area contributed by atoms with Gasteiger partial charge in [-0.25, -0.2) is 0 Å². The molecule has 4 heterocycles. The standard InChI is InChI=1S/C18H21N5O4/c1-11-20-16(27-22-11)8-17(24)23-6-4-12-7-14(26-15(12)10-23)18(25)21-13-3-2-5-19-9-13/h2-3,5,9,12,14-15H,4,6-8,10H2,1H3,(H,21,25)/t12-,14?,15-/m0/s1. The van der Waals surface area contributed by atoms with E-state index in [0.717, 1.165) is 6.42 Å². The number of aromatic nitrogens is 3. The van der Waals surface area contributed by atoms with Crippen molar-refractivity contribution in [3.63, 3.8) is 0 Å². The second kappa shape index (κ2) is 7.43. The Kier molecular flexibility index (Phi) is 4.85. The molecule has 0 saturated carbocycles. The minimum Gasteiger partial charge on any atom is -0.363 e. The van der Waals surface area contributed by atoms with Crippen LogP contribution >= 0.6 is 0 Å². The van der Waals surface area contributed by atoms with Crippen molar-refractivity contribution >= 4 is 17.5 Å². The zero-order chi connectivity index (χ0) is 18.8. The van der Waals surface area contributed by atoms with Crippen LogP contribution in [0.4, 0.5) is 5.69 Å². The Morgan fingerprint density at radius 2 is 2.30 bits per heavy atom. The molecule has 0 aromatic carbocycles. The maximum absolute atomic E-state index is 12.5. The molecule has 0 bridgehead atoms. The molecule has 3 atom stereocenters. The summed E-state index contributed by atoms with van der Waals surface area (Å²) in [5.41, 5.74) is 0.646. The zero-order valence-corrected chi connectivity index (χ0v) is 15.0. The van der Waals surface area contributed by atoms with Gasteiger partial charge in [0.15, 0.2) is 5.82 Å². The molecule has 2 amide bonds. The highest BCUT2D eigenvalue weighted by atomic mass is 16.5. The predicted octanol–water partition coefficient (Wildman–Crippen LogP) is 0.960. The van der Waals surface area contributed by atoms with Gasteiger partial charge in [-0.15, -0.1) is 0 Å². The second-order valence-corrected chi connectivity index (χ2v) is 6.93. The highest BCUT2D eigenvalue weighted by Gasteiger charge is 2.42. The molecule has 2 aromatic rings. The first kappa shape index (κ1) is 17.6. The van der Waals surface area contributed by atoms with Crippen LogP contribution in [0.3, 0.4) is 0 Å². The fraction of sp³-hybridized carbons (Fsp3) is 0.500. The Morgan fingerprint density at radius 1 is 1.41 bits per heavy atom. The number of piperidine rings is 1. The topological polar surface area (TPSA) is 110 Å². The first-order chi connectivity index (χ1) is 13.1. The molecule has 2 fully saturated rings. The van der Waals surface area contributed by atoms with Gasteiger partial charge >= 0.3 is 0 Å². The number of anilines is 1. The van der Waals surface area contributed by atoms with E-state index in [9.17, 15) is 9.59 Å². The fourth-order valence-corrected chi connectivity index (χ4v) is 3.64. The number of fused-ring (bicyclic) bond motifs is 1. The summed E-state index contributed by atoms with van der Waals surface area (Å²) in [6, 6.07) is 3.55. The number of rotatable bonds is 4. The highest BCUT2D eigenvalue weighted by Crippen LogP contribution is 2.34. The van der Waals surface area contributed by atoms with Gasteiger partial charge in [-0.05, 0) is 37.8 Å². The summed E-state index contributed by atoms with van der Waals surface area (Å²) in [7, 11) is 0. The lowest BCUT2D eigenvalue weighted by Gasteiger charge is -2.33. The van der Waals surface area contributed by atoms with E-state index < -0.39 is 6.10 Å². The molecule has 2 aliphatic heterocycles. The van der Waals surface area contributed by atoms with E-state index in [-0.39, 0.29) is 30.3 Å². The molecule has 9 heteroatoms. The van der Waals surface area contributed by atoms with Crippen molar-refractivity contribution < 1.29 is 18.8 Å². The third-order valence-corrected chi connectivity index (χ3v) is 5.00. The lowest BCUT2D eigenvalue weighted by Crippen LogP contribution is -2.46. The summed E-state index contributed by atoms with van der Waals surface area (Å²) in [5.74, 6) is 0.878. The van der Waals surface area contributed by atoms with E-state index in [1.54, 1.807) is 36.4 Å². The number of carbonyl (C=O) groups is 2. The highest BCUT2D eigenvalue weighted by molar-refractivity contribution is 5.94. The summed E-state index contributed by atoms with van der Waals surface area (Å²) in [5, 5.41) is 6.53. The third kappa shape index (κ3) is 3.97. The van der Waals surface area contributed by atoms with Crippen molar-refractivity contribution in [3.05, 3.63) is 36.2 Å². The molecule has 142 valence electrons. The van der Waals surface area contributed by atoms with Gasteiger partial charge in [0, 0.05) is 19.3 Å². The van der Waals surface area contributed by atoms with E-state index in [1.165, 1.54) is 0 Å². The zero-order valence-electron chi connectivity index (χ0n) is 15.0. The average molecular weight is 371 g/mol. The molecule has 2 aliphatic rings. The number of pyridine rings is 1. The van der Waals surface area contributed by atoms with E-state index in [0.29, 0.717) is 36.9 Å². The minimum absolute atomic E-state index is 0.0658. The van der Waals surface area contributed by atoms with Gasteiger partial charge < -0.3 is 19.5 Å². The van der Waals surface area contributed by atoms with Crippen molar-refractivity contribution in [2.45, 2.75) is 38.4 Å². The number of amides is 2. The van der Waals surface area contributed by atoms with Crippen LogP contribution in [0.1, 0.15) is 24.6 Å². The molecular weight excluding hydrogens is 350 g/mol. The van der Waals surface area contributed by atoms with Gasteiger partial charge in [0.2, 0.25) is 11.8 Å². The van der Waals surface area contributed by atoms with Crippen molar-refractivity contribution in [3.8, 4) is 0 Å². The molecule has 9 nitrogen and oxygen atoms in total. The molecule has 0 aliphatic carbocycles. The van der Waals surface area contributed by atoms with E-state index >= 15 is 0 Å². The SMILES string of the molecule is Cc1noc(CC(=O)N2CC[C@H]3CC(C(=O)Nc4cccnc4)O[C@H]3C2)n1. The van der Waals surface area contributed by atoms with Gasteiger partial charge in [-0.1, -0.05) is 5.16 Å². The Labute approximate surface area is 156 Å². The van der Waals surface area contributed by atoms with Crippen LogP contribution in [0.2, 0.25) is 0 Å². The number of hydrogen-bond donors (Lipinski definition) is 1. The van der Waals surface area contributed by atoms with Gasteiger partial charge in [-0.2, -0.15) is 4.98 Å². The second-order valence-electron chi connectivity index (χ2n) is 6.93. The predicted molar refractivity (Wildman–Crippen MR) is 93.6 cm³/mol. The maximum Gasteiger partial charge on any atom is 0.253 e. The third-order valence-electron chi connectivity index (χ3n) is 5.00. The Bertz CT molecular complexity index is 824. The Hall–Kier alpha value is -2.81. The Morgan fingerprint density at radius 3 is 3.04 bits per heavy atom. The van der Waals surface area contributed by atoms with Crippen LogP contribution in [0.5, 0.6) is 0 Å². The molecule has 27 heavy (non-hydrogen) atoms. The number of aryl methyl sites for hydroxylation is 1. The smallest absolute Gasteiger partial charge is 0.253 e. The maximum atomic E-state index is 12.5. The molecule has 4 rings (SSSR count). The number of likely N-dealkylation sites (tertiary alicyclic amines) is 1. The van der Waals surface area contributed by atoms with Crippen LogP contribution in [0, 0.1) is 12.8 Å². The van der Waals surface area contributed by atoms with Crippen LogP contribution in [0.15, 0.2) is 29.0 Å². The molecule has 1 N–H and O–H groups in total. The van der Waals surface area contributed by atoms with Crippen LogP contribution < -0.4 is 5.32 Å². The molecule has 0 spiro atoms. The fourth-order valence-electron chi connectivity index (χ4n) is 3.64. The minimum atomic E-state index is -0.506. The van der Waals surface area contributed by atoms with Gasteiger partial charge in [0.05, 0.1) is 18.0 Å². The molecule has 2 saturated heterocycles. The number of nitrogens with one attached hydrogen (secondary N) is 1. The summed E-state index contributed by atoms with van der Waals surface area (Å²) >= 11 is 0. The van der Waals surface area contributed by atoms with E-state index in [1.807, 2.05) is 0 Å². The average Bonchev–Trinajstić information content (AvgIpc) is 3.27. The van der Waals surface area contributed by atoms with Crippen LogP contribution in [0.25, 0.3) is 0 Å². The summed E-state index contributed by atoms with van der Waals surface area (Å²) < 4.78 is 11.0. The summed E-state index contributed by atoms with van der Waals surface area (Å²) in [6.07, 6.45) is 4.18. The van der Waals surface area contributed by atoms with Gasteiger partial charge in [0.25, 0.3) is 5.91 Å². The van der Waals surface area contributed by atoms with Crippen LogP contribution in [-0.2, 0) is 20.7 Å². The number of hydrogen-bond acceptors (Lipinski definition) is 7. The first-order valence-electron chi connectivity index (χ1n) is 9.02. The normalized spacial score (nSPS) is 24.5. The van der Waals surface area contributed by atoms with Crippen LogP contribution in [-0.4, -0.2) is 57.1 Å². The molecule has 0 radical (unpaired) electrons. The lowest BCUT2D eigenvalue weighted by molar-refractivity contribution is -0.136. The number of nitrogens with zero attached hydrogens (tertiary/aromatic N) is 4. The van der Waals surface area contributed by atoms with Crippen molar-refractivity contribution in [2.24, 2.45) is 5.92 Å². The van der Waals surface area contributed by atoms with Gasteiger partial charge in [0.1, 0.15) is 12.5 Å². The quantitative estimate of drug-likeness (QED) is 0.852. The largest absolute Gasteiger partial charge is 0.363 e. The Balaban J connectivity index is 1.32. The molecule has 2 aromatic heterocycles.